The van der Waals surface area contributed by atoms with Crippen molar-refractivity contribution in [3.63, 3.8) is 0 Å². The third-order valence-electron chi connectivity index (χ3n) is 2.68. The number of rotatable bonds is 5. The maximum absolute atomic E-state index is 10.0. The number of carbonyl (C=O) groups excluding carboxylic acids is 1. The zero-order valence-corrected chi connectivity index (χ0v) is 8.46. The minimum Gasteiger partial charge on any atom is -0.310 e. The van der Waals surface area contributed by atoms with Crippen molar-refractivity contribution < 1.29 is 4.79 Å². The maximum atomic E-state index is 10.0. The van der Waals surface area contributed by atoms with Crippen molar-refractivity contribution in [1.82, 2.24) is 10.2 Å². The number of nitrogens with one attached hydrogen (secondary N) is 1. The first kappa shape index (κ1) is 10.7. The Kier molecular flexibility index (Phi) is 5.01. The fourth-order valence-corrected chi connectivity index (χ4v) is 1.98. The summed E-state index contributed by atoms with van der Waals surface area (Å²) in [5.41, 5.74) is 0. The lowest BCUT2D eigenvalue weighted by atomic mass is 9.95. The minimum atomic E-state index is 0.503. The molecule has 1 unspecified atom stereocenters. The number of nitrogens with zero attached hydrogens (tertiary/aromatic N) is 1. The SMILES string of the molecule is CN1CCCC(CCNCC=O)C1. The molecule has 1 aliphatic rings. The first-order valence-corrected chi connectivity index (χ1v) is 5.16. The van der Waals surface area contributed by atoms with Crippen molar-refractivity contribution in [2.75, 3.05) is 33.2 Å². The summed E-state index contributed by atoms with van der Waals surface area (Å²) in [5, 5.41) is 3.11. The Morgan fingerprint density at radius 2 is 2.46 bits per heavy atom. The molecule has 0 aromatic carbocycles. The molecule has 0 radical (unpaired) electrons. The van der Waals surface area contributed by atoms with Gasteiger partial charge in [-0.25, -0.2) is 0 Å². The van der Waals surface area contributed by atoms with E-state index in [9.17, 15) is 4.79 Å². The molecule has 0 amide bonds. The molecule has 1 saturated heterocycles. The summed E-state index contributed by atoms with van der Waals surface area (Å²) in [6.45, 7) is 3.96. The quantitative estimate of drug-likeness (QED) is 0.499. The van der Waals surface area contributed by atoms with E-state index in [0.29, 0.717) is 6.54 Å². The monoisotopic (exact) mass is 184 g/mol. The molecule has 1 rings (SSSR count). The first-order valence-electron chi connectivity index (χ1n) is 5.16. The molecule has 0 aromatic rings. The average Bonchev–Trinajstić information content (AvgIpc) is 2.13. The van der Waals surface area contributed by atoms with E-state index in [1.54, 1.807) is 0 Å². The van der Waals surface area contributed by atoms with E-state index in [1.807, 2.05) is 0 Å². The number of likely N-dealkylation sites (tertiary alicyclic amines) is 1. The number of hydrogen-bond donors (Lipinski definition) is 1. The van der Waals surface area contributed by atoms with Crippen LogP contribution in [0.4, 0.5) is 0 Å². The van der Waals surface area contributed by atoms with Crippen LogP contribution in [0.25, 0.3) is 0 Å². The van der Waals surface area contributed by atoms with Gasteiger partial charge in [0, 0.05) is 6.54 Å². The summed E-state index contributed by atoms with van der Waals surface area (Å²) in [4.78, 5) is 12.4. The van der Waals surface area contributed by atoms with Crippen LogP contribution < -0.4 is 5.32 Å². The summed E-state index contributed by atoms with van der Waals surface area (Å²) in [5.74, 6) is 0.831. The van der Waals surface area contributed by atoms with Gasteiger partial charge in [-0.15, -0.1) is 0 Å². The Labute approximate surface area is 80.5 Å². The summed E-state index contributed by atoms with van der Waals surface area (Å²) >= 11 is 0. The van der Waals surface area contributed by atoms with E-state index in [0.717, 1.165) is 18.7 Å². The van der Waals surface area contributed by atoms with Gasteiger partial charge in [0.15, 0.2) is 0 Å². The number of hydrogen-bond acceptors (Lipinski definition) is 3. The van der Waals surface area contributed by atoms with E-state index < -0.39 is 0 Å². The second kappa shape index (κ2) is 6.11. The van der Waals surface area contributed by atoms with E-state index in [-0.39, 0.29) is 0 Å². The summed E-state index contributed by atoms with van der Waals surface area (Å²) in [6.07, 6.45) is 4.81. The molecule has 1 atom stereocenters. The van der Waals surface area contributed by atoms with Crippen LogP contribution in [0.1, 0.15) is 19.3 Å². The maximum Gasteiger partial charge on any atom is 0.133 e. The topological polar surface area (TPSA) is 32.3 Å². The Morgan fingerprint density at radius 1 is 1.62 bits per heavy atom. The fraction of sp³-hybridized carbons (Fsp3) is 0.900. The molecular formula is C10H20N2O. The summed E-state index contributed by atoms with van der Waals surface area (Å²) < 4.78 is 0. The second-order valence-corrected chi connectivity index (χ2v) is 3.93. The van der Waals surface area contributed by atoms with E-state index in [2.05, 4.69) is 17.3 Å². The Morgan fingerprint density at radius 3 is 3.15 bits per heavy atom. The van der Waals surface area contributed by atoms with E-state index in [4.69, 9.17) is 0 Å². The van der Waals surface area contributed by atoms with Gasteiger partial charge in [0.1, 0.15) is 6.29 Å². The predicted molar refractivity (Wildman–Crippen MR) is 53.8 cm³/mol. The Balaban J connectivity index is 2.03. The van der Waals surface area contributed by atoms with Gasteiger partial charge < -0.3 is 15.0 Å². The third-order valence-corrected chi connectivity index (χ3v) is 2.68. The molecule has 0 saturated carbocycles. The lowest BCUT2D eigenvalue weighted by Crippen LogP contribution is -2.33. The number of piperidine rings is 1. The molecule has 76 valence electrons. The minimum absolute atomic E-state index is 0.503. The van der Waals surface area contributed by atoms with Gasteiger partial charge in [-0.2, -0.15) is 0 Å². The van der Waals surface area contributed by atoms with E-state index >= 15 is 0 Å². The molecule has 1 heterocycles. The highest BCUT2D eigenvalue weighted by molar-refractivity contribution is 5.51. The Bertz CT molecular complexity index is 150. The number of aldehydes is 1. The summed E-state index contributed by atoms with van der Waals surface area (Å²) in [7, 11) is 2.19. The molecule has 13 heavy (non-hydrogen) atoms. The third kappa shape index (κ3) is 4.39. The van der Waals surface area contributed by atoms with E-state index in [1.165, 1.54) is 32.4 Å². The largest absolute Gasteiger partial charge is 0.310 e. The highest BCUT2D eigenvalue weighted by Crippen LogP contribution is 2.17. The standard InChI is InChI=1S/C10H20N2O/c1-12-7-2-3-10(9-12)4-5-11-6-8-13/h8,10-11H,2-7,9H2,1H3. The van der Waals surface area contributed by atoms with Crippen LogP contribution in [-0.2, 0) is 4.79 Å². The van der Waals surface area contributed by atoms with Crippen LogP contribution in [0, 0.1) is 5.92 Å². The highest BCUT2D eigenvalue weighted by Gasteiger charge is 2.15. The van der Waals surface area contributed by atoms with Crippen LogP contribution in [-0.4, -0.2) is 44.4 Å². The molecule has 1 aliphatic heterocycles. The van der Waals surface area contributed by atoms with Crippen molar-refractivity contribution in [3.05, 3.63) is 0 Å². The average molecular weight is 184 g/mol. The molecule has 1 N–H and O–H groups in total. The zero-order valence-electron chi connectivity index (χ0n) is 8.46. The van der Waals surface area contributed by atoms with Crippen LogP contribution in [0.15, 0.2) is 0 Å². The molecule has 0 spiro atoms. The van der Waals surface area contributed by atoms with Crippen molar-refractivity contribution in [1.29, 1.82) is 0 Å². The lowest BCUT2D eigenvalue weighted by Gasteiger charge is -2.29. The molecule has 3 nitrogen and oxygen atoms in total. The molecule has 0 bridgehead atoms. The number of carbonyl (C=O) groups is 1. The molecule has 3 heteroatoms. The van der Waals surface area contributed by atoms with Crippen LogP contribution in [0.2, 0.25) is 0 Å². The van der Waals surface area contributed by atoms with Crippen molar-refractivity contribution >= 4 is 6.29 Å². The van der Waals surface area contributed by atoms with Gasteiger partial charge in [-0.05, 0) is 45.3 Å². The molecule has 0 aromatic heterocycles. The Hall–Kier alpha value is -0.410. The van der Waals surface area contributed by atoms with Gasteiger partial charge in [0.2, 0.25) is 0 Å². The van der Waals surface area contributed by atoms with Gasteiger partial charge >= 0.3 is 0 Å². The predicted octanol–water partition coefficient (Wildman–Crippen LogP) is 0.507. The van der Waals surface area contributed by atoms with Gasteiger partial charge in [0.05, 0.1) is 6.54 Å². The summed E-state index contributed by atoms with van der Waals surface area (Å²) in [6, 6.07) is 0. The molecule has 0 aliphatic carbocycles. The lowest BCUT2D eigenvalue weighted by molar-refractivity contribution is -0.107. The smallest absolute Gasteiger partial charge is 0.133 e. The van der Waals surface area contributed by atoms with Crippen molar-refractivity contribution in [3.8, 4) is 0 Å². The van der Waals surface area contributed by atoms with Gasteiger partial charge in [0.25, 0.3) is 0 Å². The fourth-order valence-electron chi connectivity index (χ4n) is 1.98. The normalized spacial score (nSPS) is 24.5. The first-order chi connectivity index (χ1) is 6.33. The van der Waals surface area contributed by atoms with Gasteiger partial charge in [-0.3, -0.25) is 0 Å². The zero-order chi connectivity index (χ0) is 9.52. The van der Waals surface area contributed by atoms with Crippen LogP contribution >= 0.6 is 0 Å². The highest BCUT2D eigenvalue weighted by atomic mass is 16.1. The van der Waals surface area contributed by atoms with Gasteiger partial charge in [-0.1, -0.05) is 0 Å². The molecular weight excluding hydrogens is 164 g/mol. The van der Waals surface area contributed by atoms with Crippen molar-refractivity contribution in [2.45, 2.75) is 19.3 Å². The second-order valence-electron chi connectivity index (χ2n) is 3.93. The van der Waals surface area contributed by atoms with Crippen LogP contribution in [0.5, 0.6) is 0 Å². The van der Waals surface area contributed by atoms with Crippen molar-refractivity contribution in [2.24, 2.45) is 5.92 Å². The van der Waals surface area contributed by atoms with Crippen LogP contribution in [0.3, 0.4) is 0 Å². The molecule has 1 fully saturated rings.